The van der Waals surface area contributed by atoms with E-state index in [1.807, 2.05) is 0 Å². The van der Waals surface area contributed by atoms with Gasteiger partial charge in [0.15, 0.2) is 0 Å². The largest absolute Gasteiger partial charge is 0.310 e. The van der Waals surface area contributed by atoms with Gasteiger partial charge in [0.1, 0.15) is 0 Å². The van der Waals surface area contributed by atoms with E-state index in [1.54, 1.807) is 0 Å². The topological polar surface area (TPSA) is 6.48 Å². The normalized spacial score (nSPS) is 15.5. The van der Waals surface area contributed by atoms with Gasteiger partial charge in [0.25, 0.3) is 0 Å². The molecule has 0 amide bonds. The minimum atomic E-state index is 0.0875. The Morgan fingerprint density at radius 3 is 1.33 bits per heavy atom. The first-order valence-corrected chi connectivity index (χ1v) is 25.6. The van der Waals surface area contributed by atoms with Crippen molar-refractivity contribution in [3.63, 3.8) is 0 Å². The molecule has 2 fully saturated rings. The van der Waals surface area contributed by atoms with Crippen LogP contribution in [-0.2, 0) is 10.8 Å². The molecule has 2 nitrogen and oxygen atoms in total. The molecule has 14 rings (SSSR count). The number of rotatable bonds is 8. The maximum atomic E-state index is 2.56. The van der Waals surface area contributed by atoms with Crippen molar-refractivity contribution in [3.05, 3.63) is 253 Å². The molecule has 0 atom stereocenters. The Hall–Kier alpha value is -7.94. The predicted octanol–water partition coefficient (Wildman–Crippen LogP) is 18.8. The van der Waals surface area contributed by atoms with Gasteiger partial charge >= 0.3 is 0 Å². The van der Waals surface area contributed by atoms with Crippen LogP contribution in [0.15, 0.2) is 231 Å². The van der Waals surface area contributed by atoms with E-state index in [0.717, 1.165) is 17.1 Å². The van der Waals surface area contributed by atoms with Crippen molar-refractivity contribution in [3.8, 4) is 44.5 Å². The molecule has 336 valence electrons. The van der Waals surface area contributed by atoms with Gasteiger partial charge in [-0.2, -0.15) is 0 Å². The van der Waals surface area contributed by atoms with Gasteiger partial charge in [0.2, 0.25) is 0 Å². The molecule has 0 aromatic heterocycles. The number of hydrogen-bond donors (Lipinski definition) is 0. The van der Waals surface area contributed by atoms with Crippen molar-refractivity contribution in [2.75, 3.05) is 9.80 Å². The lowest BCUT2D eigenvalue weighted by molar-refractivity contribution is 0.550. The number of fused-ring (bicyclic) bond motifs is 11. The van der Waals surface area contributed by atoms with E-state index < -0.39 is 0 Å². The quantitative estimate of drug-likeness (QED) is 0.150. The molecule has 0 unspecified atom stereocenters. The lowest BCUT2D eigenvalue weighted by Crippen LogP contribution is -2.21. The Labute approximate surface area is 412 Å². The summed E-state index contributed by atoms with van der Waals surface area (Å²) >= 11 is 0. The second kappa shape index (κ2) is 16.4. The third-order valence-corrected chi connectivity index (χ3v) is 16.8. The summed E-state index contributed by atoms with van der Waals surface area (Å²) in [6.07, 6.45) is 10.0. The predicted molar refractivity (Wildman–Crippen MR) is 294 cm³/mol. The van der Waals surface area contributed by atoms with Crippen molar-refractivity contribution in [2.24, 2.45) is 0 Å². The summed E-state index contributed by atoms with van der Waals surface area (Å²) in [5.74, 6) is 0. The first kappa shape index (κ1) is 41.1. The zero-order chi connectivity index (χ0) is 46.2. The van der Waals surface area contributed by atoms with Crippen LogP contribution in [0.3, 0.4) is 0 Å². The highest BCUT2D eigenvalue weighted by atomic mass is 15.1. The molecule has 0 N–H and O–H groups in total. The Bertz CT molecular complexity index is 3590. The Balaban J connectivity index is 0.852. The molecule has 0 aliphatic heterocycles. The smallest absolute Gasteiger partial charge is 0.0540 e. The van der Waals surface area contributed by atoms with Crippen molar-refractivity contribution in [2.45, 2.75) is 62.2 Å². The van der Waals surface area contributed by atoms with Crippen molar-refractivity contribution in [1.29, 1.82) is 0 Å². The molecule has 70 heavy (non-hydrogen) atoms. The average Bonchev–Trinajstić information content (AvgIpc) is 4.24. The van der Waals surface area contributed by atoms with E-state index in [1.165, 1.54) is 146 Å². The van der Waals surface area contributed by atoms with Gasteiger partial charge in [-0.15, -0.1) is 0 Å². The molecule has 4 aliphatic carbocycles. The molecule has 2 heteroatoms. The standard InChI is InChI=1S/C68H54N2/c1-2-15-47(16-3-1)48-27-33-53(34-28-48)70(66-24-14-18-51-17-4-5-19-57(51)66)54-35-29-50(30-36-54)49-25-31-52(32-26-49)69(55-38-40-64-61(45-55)59-21-7-9-23-63(59)67(64)41-10-11-42-67)56-37-39-60-58-20-6-8-22-62(58)68(65(60)46-56)43-12-13-44-68/h1-9,14-40,45-46H,10-13,41-44H2. The summed E-state index contributed by atoms with van der Waals surface area (Å²) in [7, 11) is 0. The first-order valence-electron chi connectivity index (χ1n) is 25.6. The fraction of sp³-hybridized carbons (Fsp3) is 0.147. The summed E-state index contributed by atoms with van der Waals surface area (Å²) < 4.78 is 0. The Kier molecular flexibility index (Phi) is 9.59. The maximum absolute atomic E-state index is 2.56. The monoisotopic (exact) mass is 898 g/mol. The molecular weight excluding hydrogens is 845 g/mol. The molecule has 10 aromatic rings. The Morgan fingerprint density at radius 1 is 0.271 bits per heavy atom. The molecule has 0 saturated heterocycles. The van der Waals surface area contributed by atoms with Crippen LogP contribution in [0.4, 0.5) is 34.1 Å². The summed E-state index contributed by atoms with van der Waals surface area (Å²) in [6.45, 7) is 0. The zero-order valence-corrected chi connectivity index (χ0v) is 39.5. The fourth-order valence-electron chi connectivity index (χ4n) is 13.5. The van der Waals surface area contributed by atoms with E-state index in [4.69, 9.17) is 0 Å². The summed E-state index contributed by atoms with van der Waals surface area (Å²) in [5.41, 5.74) is 23.8. The van der Waals surface area contributed by atoms with Crippen LogP contribution < -0.4 is 9.80 Å². The second-order valence-corrected chi connectivity index (χ2v) is 20.3. The molecule has 2 saturated carbocycles. The molecular formula is C68H54N2. The molecule has 4 aliphatic rings. The van der Waals surface area contributed by atoms with Gasteiger partial charge in [-0.05, 0) is 165 Å². The van der Waals surface area contributed by atoms with Crippen LogP contribution in [0.2, 0.25) is 0 Å². The molecule has 0 radical (unpaired) electrons. The SMILES string of the molecule is c1ccc(-c2ccc(N(c3ccc(-c4ccc(N(c5ccc6c(c5)-c5ccccc5C65CCCC5)c5ccc6c(c5)C5(CCCC5)c5ccccc5-6)cc4)cc3)c3cccc4ccccc34)cc2)cc1. The summed E-state index contributed by atoms with van der Waals surface area (Å²) in [6, 6.07) is 86.7. The number of nitrogens with zero attached hydrogens (tertiary/aromatic N) is 2. The number of hydrogen-bond acceptors (Lipinski definition) is 2. The van der Waals surface area contributed by atoms with Crippen LogP contribution in [0.25, 0.3) is 55.3 Å². The third kappa shape index (κ3) is 6.39. The highest BCUT2D eigenvalue weighted by Crippen LogP contribution is 2.60. The van der Waals surface area contributed by atoms with Gasteiger partial charge in [0, 0.05) is 44.7 Å². The zero-order valence-electron chi connectivity index (χ0n) is 39.5. The van der Waals surface area contributed by atoms with Gasteiger partial charge in [0.05, 0.1) is 5.69 Å². The van der Waals surface area contributed by atoms with Crippen molar-refractivity contribution in [1.82, 2.24) is 0 Å². The van der Waals surface area contributed by atoms with E-state index in [2.05, 4.69) is 240 Å². The second-order valence-electron chi connectivity index (χ2n) is 20.3. The fourth-order valence-corrected chi connectivity index (χ4v) is 13.5. The molecule has 2 spiro atoms. The lowest BCUT2D eigenvalue weighted by atomic mass is 9.76. The highest BCUT2D eigenvalue weighted by molar-refractivity contribution is 5.99. The average molecular weight is 899 g/mol. The van der Waals surface area contributed by atoms with Crippen LogP contribution in [0, 0.1) is 0 Å². The Morgan fingerprint density at radius 2 is 0.700 bits per heavy atom. The maximum Gasteiger partial charge on any atom is 0.0540 e. The van der Waals surface area contributed by atoms with Gasteiger partial charge in [-0.25, -0.2) is 0 Å². The van der Waals surface area contributed by atoms with Gasteiger partial charge in [-0.1, -0.05) is 189 Å². The van der Waals surface area contributed by atoms with Gasteiger partial charge < -0.3 is 9.80 Å². The van der Waals surface area contributed by atoms with Crippen molar-refractivity contribution >= 4 is 44.9 Å². The summed E-state index contributed by atoms with van der Waals surface area (Å²) in [5, 5.41) is 2.44. The summed E-state index contributed by atoms with van der Waals surface area (Å²) in [4.78, 5) is 4.93. The van der Waals surface area contributed by atoms with Crippen molar-refractivity contribution < 1.29 is 0 Å². The molecule has 10 aromatic carbocycles. The van der Waals surface area contributed by atoms with Crippen LogP contribution >= 0.6 is 0 Å². The lowest BCUT2D eigenvalue weighted by Gasteiger charge is -2.31. The molecule has 0 bridgehead atoms. The third-order valence-electron chi connectivity index (χ3n) is 16.8. The van der Waals surface area contributed by atoms with Crippen LogP contribution in [-0.4, -0.2) is 0 Å². The van der Waals surface area contributed by atoms with E-state index in [-0.39, 0.29) is 10.8 Å². The van der Waals surface area contributed by atoms with E-state index in [0.29, 0.717) is 0 Å². The minimum Gasteiger partial charge on any atom is -0.310 e. The minimum absolute atomic E-state index is 0.0875. The first-order chi connectivity index (χ1) is 34.6. The van der Waals surface area contributed by atoms with E-state index >= 15 is 0 Å². The highest BCUT2D eigenvalue weighted by Gasteiger charge is 2.46. The number of anilines is 6. The van der Waals surface area contributed by atoms with Crippen LogP contribution in [0.5, 0.6) is 0 Å². The molecule has 0 heterocycles. The van der Waals surface area contributed by atoms with Crippen LogP contribution in [0.1, 0.15) is 73.6 Å². The van der Waals surface area contributed by atoms with E-state index in [9.17, 15) is 0 Å². The number of benzene rings is 10. The van der Waals surface area contributed by atoms with Gasteiger partial charge in [-0.3, -0.25) is 0 Å².